The molecule has 1 saturated heterocycles. The Morgan fingerprint density at radius 3 is 2.73 bits per heavy atom. The van der Waals surface area contributed by atoms with Crippen LogP contribution in [0.25, 0.3) is 0 Å². The summed E-state index contributed by atoms with van der Waals surface area (Å²) in [4.78, 5) is 0. The fourth-order valence-electron chi connectivity index (χ4n) is 1.71. The lowest BCUT2D eigenvalue weighted by atomic mass is 10.1. The van der Waals surface area contributed by atoms with E-state index in [1.807, 2.05) is 12.1 Å². The van der Waals surface area contributed by atoms with Gasteiger partial charge in [0, 0.05) is 21.0 Å². The van der Waals surface area contributed by atoms with Crippen molar-refractivity contribution in [3.63, 3.8) is 0 Å². The van der Waals surface area contributed by atoms with E-state index in [0.717, 1.165) is 5.69 Å². The molecular weight excluding hydrogens is 319 g/mol. The number of halogens is 1. The minimum atomic E-state index is 0.642. The summed E-state index contributed by atoms with van der Waals surface area (Å²) in [5.41, 5.74) is 7.79. The molecule has 82 valence electrons. The molecule has 0 saturated carbocycles. The lowest BCUT2D eigenvalue weighted by Gasteiger charge is -2.24. The van der Waals surface area contributed by atoms with Crippen molar-refractivity contribution in [3.8, 4) is 0 Å². The summed E-state index contributed by atoms with van der Waals surface area (Å²) in [5.74, 6) is 2.56. The third-order valence-corrected chi connectivity index (χ3v) is 4.52. The van der Waals surface area contributed by atoms with Crippen molar-refractivity contribution in [2.24, 2.45) is 0 Å². The molecular formula is C11H15IN2S. The molecule has 0 spiro atoms. The summed E-state index contributed by atoms with van der Waals surface area (Å²) in [7, 11) is 0. The van der Waals surface area contributed by atoms with Gasteiger partial charge in [-0.3, -0.25) is 0 Å². The third kappa shape index (κ3) is 3.17. The summed E-state index contributed by atoms with van der Waals surface area (Å²) in [6.45, 7) is 0. The highest BCUT2D eigenvalue weighted by molar-refractivity contribution is 14.1. The van der Waals surface area contributed by atoms with E-state index < -0.39 is 0 Å². The smallest absolute Gasteiger partial charge is 0.0479 e. The minimum Gasteiger partial charge on any atom is -0.399 e. The molecule has 2 rings (SSSR count). The van der Waals surface area contributed by atoms with Crippen molar-refractivity contribution in [2.45, 2.75) is 18.9 Å². The van der Waals surface area contributed by atoms with E-state index in [1.54, 1.807) is 0 Å². The van der Waals surface area contributed by atoms with E-state index in [4.69, 9.17) is 5.73 Å². The number of nitrogen functional groups attached to an aromatic ring is 1. The van der Waals surface area contributed by atoms with E-state index in [-0.39, 0.29) is 0 Å². The Morgan fingerprint density at radius 2 is 2.07 bits per heavy atom. The normalized spacial score (nSPS) is 17.7. The molecule has 3 N–H and O–H groups in total. The van der Waals surface area contributed by atoms with Gasteiger partial charge in [-0.1, -0.05) is 0 Å². The van der Waals surface area contributed by atoms with Crippen molar-refractivity contribution in [1.82, 2.24) is 0 Å². The number of thioether (sulfide) groups is 1. The predicted molar refractivity (Wildman–Crippen MR) is 77.5 cm³/mol. The zero-order valence-electron chi connectivity index (χ0n) is 8.50. The van der Waals surface area contributed by atoms with Crippen LogP contribution in [0, 0.1) is 3.57 Å². The standard InChI is InChI=1S/C11H15IN2S/c12-10-7-8(13)1-2-11(10)14-9-3-5-15-6-4-9/h1-2,7,9,14H,3-6,13H2. The van der Waals surface area contributed by atoms with Crippen LogP contribution in [0.2, 0.25) is 0 Å². The summed E-state index contributed by atoms with van der Waals surface area (Å²) < 4.78 is 1.21. The zero-order chi connectivity index (χ0) is 10.7. The number of anilines is 2. The quantitative estimate of drug-likeness (QED) is 0.644. The fraction of sp³-hybridized carbons (Fsp3) is 0.455. The number of nitrogens with one attached hydrogen (secondary N) is 1. The van der Waals surface area contributed by atoms with Crippen molar-refractivity contribution >= 4 is 45.7 Å². The maximum absolute atomic E-state index is 5.72. The second kappa shape index (κ2) is 5.30. The van der Waals surface area contributed by atoms with Gasteiger partial charge >= 0.3 is 0 Å². The van der Waals surface area contributed by atoms with Crippen LogP contribution in [0.1, 0.15) is 12.8 Å². The molecule has 1 aliphatic rings. The highest BCUT2D eigenvalue weighted by Crippen LogP contribution is 2.25. The molecule has 15 heavy (non-hydrogen) atoms. The van der Waals surface area contributed by atoms with Crippen LogP contribution in [-0.2, 0) is 0 Å². The molecule has 0 radical (unpaired) electrons. The molecule has 1 aromatic carbocycles. The first-order valence-electron chi connectivity index (χ1n) is 5.15. The zero-order valence-corrected chi connectivity index (χ0v) is 11.5. The van der Waals surface area contributed by atoms with Crippen LogP contribution in [0.15, 0.2) is 18.2 Å². The Morgan fingerprint density at radius 1 is 1.33 bits per heavy atom. The average Bonchev–Trinajstić information content (AvgIpc) is 2.24. The molecule has 0 bridgehead atoms. The van der Waals surface area contributed by atoms with Gasteiger partial charge in [-0.05, 0) is 65.1 Å². The molecule has 1 aromatic rings. The van der Waals surface area contributed by atoms with Crippen LogP contribution < -0.4 is 11.1 Å². The Labute approximate surface area is 109 Å². The monoisotopic (exact) mass is 334 g/mol. The van der Waals surface area contributed by atoms with E-state index in [0.29, 0.717) is 6.04 Å². The van der Waals surface area contributed by atoms with Crippen LogP contribution in [0.4, 0.5) is 11.4 Å². The van der Waals surface area contributed by atoms with Crippen LogP contribution in [0.5, 0.6) is 0 Å². The van der Waals surface area contributed by atoms with E-state index >= 15 is 0 Å². The topological polar surface area (TPSA) is 38.0 Å². The summed E-state index contributed by atoms with van der Waals surface area (Å²) >= 11 is 4.39. The molecule has 2 nitrogen and oxygen atoms in total. The summed E-state index contributed by atoms with van der Waals surface area (Å²) in [5, 5.41) is 3.60. The first-order chi connectivity index (χ1) is 7.25. The largest absolute Gasteiger partial charge is 0.399 e. The Kier molecular flexibility index (Phi) is 4.02. The Hall–Kier alpha value is -0.100. The summed E-state index contributed by atoms with van der Waals surface area (Å²) in [6.07, 6.45) is 2.54. The number of rotatable bonds is 2. The van der Waals surface area contributed by atoms with Gasteiger partial charge in [-0.2, -0.15) is 11.8 Å². The molecule has 1 heterocycles. The lowest BCUT2D eigenvalue weighted by molar-refractivity contribution is 0.666. The molecule has 0 aliphatic carbocycles. The summed E-state index contributed by atoms with van der Waals surface area (Å²) in [6, 6.07) is 6.70. The number of hydrogen-bond donors (Lipinski definition) is 2. The SMILES string of the molecule is Nc1ccc(NC2CCSCC2)c(I)c1. The molecule has 4 heteroatoms. The number of nitrogens with two attached hydrogens (primary N) is 1. The second-order valence-electron chi connectivity index (χ2n) is 3.77. The first kappa shape index (κ1) is 11.4. The van der Waals surface area contributed by atoms with Crippen molar-refractivity contribution in [3.05, 3.63) is 21.8 Å². The van der Waals surface area contributed by atoms with Crippen molar-refractivity contribution < 1.29 is 0 Å². The third-order valence-electron chi connectivity index (χ3n) is 2.57. The maximum Gasteiger partial charge on any atom is 0.0479 e. The molecule has 0 amide bonds. The van der Waals surface area contributed by atoms with E-state index in [9.17, 15) is 0 Å². The fourth-order valence-corrected chi connectivity index (χ4v) is 3.51. The highest BCUT2D eigenvalue weighted by Gasteiger charge is 2.14. The highest BCUT2D eigenvalue weighted by atomic mass is 127. The van der Waals surface area contributed by atoms with Gasteiger partial charge in [0.15, 0.2) is 0 Å². The molecule has 0 unspecified atom stereocenters. The van der Waals surface area contributed by atoms with Gasteiger partial charge in [0.25, 0.3) is 0 Å². The van der Waals surface area contributed by atoms with Gasteiger partial charge < -0.3 is 11.1 Å². The van der Waals surface area contributed by atoms with Crippen LogP contribution >= 0.6 is 34.4 Å². The van der Waals surface area contributed by atoms with E-state index in [2.05, 4.69) is 45.7 Å². The van der Waals surface area contributed by atoms with Crippen molar-refractivity contribution in [1.29, 1.82) is 0 Å². The average molecular weight is 334 g/mol. The van der Waals surface area contributed by atoms with Gasteiger partial charge in [-0.25, -0.2) is 0 Å². The van der Waals surface area contributed by atoms with Gasteiger partial charge in [0.2, 0.25) is 0 Å². The molecule has 1 aliphatic heterocycles. The lowest BCUT2D eigenvalue weighted by Crippen LogP contribution is -2.24. The molecule has 0 aromatic heterocycles. The first-order valence-corrected chi connectivity index (χ1v) is 7.38. The Bertz CT molecular complexity index is 337. The van der Waals surface area contributed by atoms with Gasteiger partial charge in [0.1, 0.15) is 0 Å². The van der Waals surface area contributed by atoms with Crippen LogP contribution in [0.3, 0.4) is 0 Å². The van der Waals surface area contributed by atoms with Crippen molar-refractivity contribution in [2.75, 3.05) is 22.6 Å². The molecule has 1 fully saturated rings. The number of benzene rings is 1. The molecule has 0 atom stereocenters. The van der Waals surface area contributed by atoms with Gasteiger partial charge in [-0.15, -0.1) is 0 Å². The second-order valence-corrected chi connectivity index (χ2v) is 6.16. The van der Waals surface area contributed by atoms with Gasteiger partial charge in [0.05, 0.1) is 0 Å². The Balaban J connectivity index is 2.03. The van der Waals surface area contributed by atoms with E-state index in [1.165, 1.54) is 33.6 Å². The minimum absolute atomic E-state index is 0.642. The number of hydrogen-bond acceptors (Lipinski definition) is 3. The maximum atomic E-state index is 5.72. The predicted octanol–water partition coefficient (Wildman–Crippen LogP) is 3.18. The van der Waals surface area contributed by atoms with Crippen LogP contribution in [-0.4, -0.2) is 17.5 Å².